The van der Waals surface area contributed by atoms with E-state index in [0.29, 0.717) is 29.1 Å². The first-order valence-corrected chi connectivity index (χ1v) is 13.9. The Morgan fingerprint density at radius 2 is 1.34 bits per heavy atom. The van der Waals surface area contributed by atoms with Crippen LogP contribution in [-0.2, 0) is 27.7 Å². The summed E-state index contributed by atoms with van der Waals surface area (Å²) in [5, 5.41) is 4.90. The van der Waals surface area contributed by atoms with E-state index in [1.54, 1.807) is 43.3 Å². The Labute approximate surface area is 228 Å². The van der Waals surface area contributed by atoms with Gasteiger partial charge in [0.15, 0.2) is 0 Å². The number of benzene rings is 4. The van der Waals surface area contributed by atoms with Crippen molar-refractivity contribution in [3.8, 4) is 0 Å². The van der Waals surface area contributed by atoms with E-state index in [0.717, 1.165) is 21.1 Å². The molecule has 4 aromatic carbocycles. The van der Waals surface area contributed by atoms with Crippen molar-refractivity contribution < 1.29 is 13.2 Å². The van der Waals surface area contributed by atoms with Crippen molar-refractivity contribution in [2.24, 2.45) is 5.10 Å². The highest BCUT2D eigenvalue weighted by atomic mass is 35.5. The lowest BCUT2D eigenvalue weighted by Gasteiger charge is -2.25. The molecule has 194 valence electrons. The highest BCUT2D eigenvalue weighted by molar-refractivity contribution is 7.92. The van der Waals surface area contributed by atoms with Gasteiger partial charge in [-0.05, 0) is 53.9 Å². The second kappa shape index (κ2) is 12.5. The minimum absolute atomic E-state index is 0.0829. The molecule has 0 spiro atoms. The van der Waals surface area contributed by atoms with Crippen LogP contribution in [-0.4, -0.2) is 26.6 Å². The minimum atomic E-state index is -4.04. The van der Waals surface area contributed by atoms with Crippen LogP contribution in [0.15, 0.2) is 119 Å². The van der Waals surface area contributed by atoms with Crippen molar-refractivity contribution in [2.45, 2.75) is 24.7 Å². The molecule has 0 aliphatic rings. The largest absolute Gasteiger partial charge is 0.271 e. The van der Waals surface area contributed by atoms with E-state index in [9.17, 15) is 13.2 Å². The maximum atomic E-state index is 13.6. The predicted molar refractivity (Wildman–Crippen MR) is 153 cm³/mol. The second-order valence-corrected chi connectivity index (χ2v) is 11.1. The molecular weight excluding hydrogens is 518 g/mol. The molecule has 8 heteroatoms. The van der Waals surface area contributed by atoms with Crippen molar-refractivity contribution >= 4 is 38.9 Å². The molecule has 0 heterocycles. The van der Waals surface area contributed by atoms with E-state index in [2.05, 4.69) is 10.5 Å². The third kappa shape index (κ3) is 7.09. The van der Waals surface area contributed by atoms with Crippen LogP contribution < -0.4 is 9.73 Å². The molecule has 1 N–H and O–H groups in total. The summed E-state index contributed by atoms with van der Waals surface area (Å²) in [6.07, 6.45) is 1.08. The lowest BCUT2D eigenvalue weighted by molar-refractivity contribution is -0.119. The van der Waals surface area contributed by atoms with Crippen molar-refractivity contribution in [3.05, 3.63) is 131 Å². The number of nitrogens with one attached hydrogen (secondary N) is 1. The van der Waals surface area contributed by atoms with Crippen LogP contribution in [0.2, 0.25) is 5.02 Å². The fraction of sp³-hybridized carbons (Fsp3) is 0.133. The van der Waals surface area contributed by atoms with E-state index in [4.69, 9.17) is 11.6 Å². The molecule has 0 aliphatic carbocycles. The Kier molecular flexibility index (Phi) is 8.94. The van der Waals surface area contributed by atoms with E-state index in [1.165, 1.54) is 12.1 Å². The SMILES string of the molecule is Cc1cc(Cl)ccc1N(CC(=O)NN=C(Cc1ccccc1)Cc1ccccc1)S(=O)(=O)c1ccccc1. The zero-order valence-corrected chi connectivity index (χ0v) is 22.5. The summed E-state index contributed by atoms with van der Waals surface area (Å²) in [6, 6.07) is 32.6. The molecule has 1 amide bonds. The van der Waals surface area contributed by atoms with E-state index < -0.39 is 22.5 Å². The Bertz CT molecular complexity index is 1470. The Morgan fingerprint density at radius 3 is 1.87 bits per heavy atom. The summed E-state index contributed by atoms with van der Waals surface area (Å²) in [5.74, 6) is -0.558. The fourth-order valence-electron chi connectivity index (χ4n) is 4.03. The number of nitrogens with zero attached hydrogens (tertiary/aromatic N) is 2. The number of amides is 1. The van der Waals surface area contributed by atoms with Gasteiger partial charge < -0.3 is 0 Å². The topological polar surface area (TPSA) is 78.8 Å². The normalized spacial score (nSPS) is 11.0. The average Bonchev–Trinajstić information content (AvgIpc) is 2.92. The molecule has 0 unspecified atom stereocenters. The first kappa shape index (κ1) is 27.1. The quantitative estimate of drug-likeness (QED) is 0.202. The summed E-state index contributed by atoms with van der Waals surface area (Å²) in [4.78, 5) is 13.2. The molecule has 0 saturated heterocycles. The molecule has 0 saturated carbocycles. The molecule has 38 heavy (non-hydrogen) atoms. The van der Waals surface area contributed by atoms with Gasteiger partial charge in [-0.2, -0.15) is 5.10 Å². The van der Waals surface area contributed by atoms with Crippen LogP contribution in [0.25, 0.3) is 0 Å². The predicted octanol–water partition coefficient (Wildman–Crippen LogP) is 5.80. The maximum absolute atomic E-state index is 13.6. The number of sulfonamides is 1. The summed E-state index contributed by atoms with van der Waals surface area (Å²) in [6.45, 7) is 1.30. The molecule has 0 atom stereocenters. The van der Waals surface area contributed by atoms with Crippen LogP contribution in [0.5, 0.6) is 0 Å². The number of halogens is 1. The van der Waals surface area contributed by atoms with Gasteiger partial charge >= 0.3 is 0 Å². The first-order chi connectivity index (χ1) is 18.3. The maximum Gasteiger partial charge on any atom is 0.264 e. The van der Waals surface area contributed by atoms with Gasteiger partial charge in [-0.15, -0.1) is 0 Å². The number of hydrazone groups is 1. The Hall–Kier alpha value is -3.94. The third-order valence-corrected chi connectivity index (χ3v) is 7.90. The fourth-order valence-corrected chi connectivity index (χ4v) is 5.76. The molecule has 0 fully saturated rings. The molecule has 0 radical (unpaired) electrons. The first-order valence-electron chi connectivity index (χ1n) is 12.1. The Morgan fingerprint density at radius 1 is 0.816 bits per heavy atom. The highest BCUT2D eigenvalue weighted by Crippen LogP contribution is 2.28. The van der Waals surface area contributed by atoms with Gasteiger partial charge in [-0.1, -0.05) is 90.5 Å². The van der Waals surface area contributed by atoms with Gasteiger partial charge in [0, 0.05) is 23.6 Å². The summed E-state index contributed by atoms with van der Waals surface area (Å²) in [7, 11) is -4.04. The lowest BCUT2D eigenvalue weighted by atomic mass is 10.0. The van der Waals surface area contributed by atoms with Crippen LogP contribution in [0, 0.1) is 6.92 Å². The van der Waals surface area contributed by atoms with Gasteiger partial charge in [0.05, 0.1) is 10.6 Å². The van der Waals surface area contributed by atoms with Gasteiger partial charge in [-0.25, -0.2) is 13.8 Å². The summed E-state index contributed by atoms with van der Waals surface area (Å²) >= 11 is 6.11. The second-order valence-electron chi connectivity index (χ2n) is 8.79. The monoisotopic (exact) mass is 545 g/mol. The minimum Gasteiger partial charge on any atom is -0.271 e. The zero-order valence-electron chi connectivity index (χ0n) is 20.9. The standard InChI is InChI=1S/C30H28ClN3O3S/c1-23-19-26(31)17-18-29(23)34(38(36,37)28-15-9-4-10-16-28)22-30(35)33-32-27(20-24-11-5-2-6-12-24)21-25-13-7-3-8-14-25/h2-19H,20-22H2,1H3,(H,33,35). The third-order valence-electron chi connectivity index (χ3n) is 5.89. The van der Waals surface area contributed by atoms with Gasteiger partial charge in [0.2, 0.25) is 0 Å². The molecule has 6 nitrogen and oxygen atoms in total. The summed E-state index contributed by atoms with van der Waals surface area (Å²) in [5.41, 5.74) is 6.45. The van der Waals surface area contributed by atoms with E-state index in [-0.39, 0.29) is 4.90 Å². The van der Waals surface area contributed by atoms with Gasteiger partial charge in [0.1, 0.15) is 6.54 Å². The molecular formula is C30H28ClN3O3S. The van der Waals surface area contributed by atoms with Crippen LogP contribution in [0.3, 0.4) is 0 Å². The summed E-state index contributed by atoms with van der Waals surface area (Å²) < 4.78 is 28.3. The van der Waals surface area contributed by atoms with Crippen molar-refractivity contribution in [1.29, 1.82) is 0 Å². The van der Waals surface area contributed by atoms with Gasteiger partial charge in [0.25, 0.3) is 15.9 Å². The molecule has 4 aromatic rings. The number of carbonyl (C=O) groups excluding carboxylic acids is 1. The highest BCUT2D eigenvalue weighted by Gasteiger charge is 2.28. The molecule has 0 aromatic heterocycles. The Balaban J connectivity index is 1.61. The number of hydrogen-bond donors (Lipinski definition) is 1. The average molecular weight is 546 g/mol. The lowest BCUT2D eigenvalue weighted by Crippen LogP contribution is -2.40. The van der Waals surface area contributed by atoms with Crippen LogP contribution in [0.4, 0.5) is 5.69 Å². The number of aryl methyl sites for hydroxylation is 1. The molecule has 4 rings (SSSR count). The smallest absolute Gasteiger partial charge is 0.264 e. The van der Waals surface area contributed by atoms with E-state index >= 15 is 0 Å². The molecule has 0 aliphatic heterocycles. The number of rotatable bonds is 10. The number of hydrogen-bond acceptors (Lipinski definition) is 4. The van der Waals surface area contributed by atoms with Crippen molar-refractivity contribution in [2.75, 3.05) is 10.8 Å². The van der Waals surface area contributed by atoms with Gasteiger partial charge in [-0.3, -0.25) is 9.10 Å². The van der Waals surface area contributed by atoms with Crippen molar-refractivity contribution in [3.63, 3.8) is 0 Å². The number of carbonyl (C=O) groups is 1. The molecule has 0 bridgehead atoms. The van der Waals surface area contributed by atoms with Crippen LogP contribution >= 0.6 is 11.6 Å². The number of anilines is 1. The zero-order chi connectivity index (χ0) is 27.0. The van der Waals surface area contributed by atoms with E-state index in [1.807, 2.05) is 60.7 Å². The van der Waals surface area contributed by atoms with Crippen LogP contribution in [0.1, 0.15) is 16.7 Å². The van der Waals surface area contributed by atoms with Crippen molar-refractivity contribution in [1.82, 2.24) is 5.43 Å².